The molecule has 6 rings (SSSR count). The zero-order valence-corrected chi connectivity index (χ0v) is 22.7. The Labute approximate surface area is 241 Å². The van der Waals surface area contributed by atoms with Crippen molar-refractivity contribution in [2.75, 3.05) is 12.0 Å². The molecule has 3 heterocycles. The molecule has 0 bridgehead atoms. The number of anilines is 1. The summed E-state index contributed by atoms with van der Waals surface area (Å²) in [6.45, 7) is 0. The highest BCUT2D eigenvalue weighted by Crippen LogP contribution is 2.43. The van der Waals surface area contributed by atoms with Crippen molar-refractivity contribution in [3.05, 3.63) is 126 Å². The molecular weight excluding hydrogens is 538 g/mol. The number of pyridine rings is 1. The van der Waals surface area contributed by atoms with Crippen molar-refractivity contribution >= 4 is 29.0 Å². The smallest absolute Gasteiger partial charge is 0.335 e. The number of furan rings is 1. The topological polar surface area (TPSA) is 97.1 Å². The van der Waals surface area contributed by atoms with Crippen molar-refractivity contribution in [3.63, 3.8) is 0 Å². The lowest BCUT2D eigenvalue weighted by atomic mass is 10.0. The number of carboxylic acids is 1. The van der Waals surface area contributed by atoms with E-state index >= 15 is 0 Å². The van der Waals surface area contributed by atoms with Crippen molar-refractivity contribution < 1.29 is 23.8 Å². The first-order valence-electron chi connectivity index (χ1n) is 12.9. The van der Waals surface area contributed by atoms with E-state index in [2.05, 4.69) is 10.3 Å². The molecule has 1 aliphatic heterocycles. The molecule has 0 saturated carbocycles. The summed E-state index contributed by atoms with van der Waals surface area (Å²) in [4.78, 5) is 17.9. The molecule has 0 spiro atoms. The maximum Gasteiger partial charge on any atom is 0.335 e. The molecule has 2 aromatic heterocycles. The zero-order chi connectivity index (χ0) is 28.3. The first kappa shape index (κ1) is 26.1. The third-order valence-electron chi connectivity index (χ3n) is 6.84. The van der Waals surface area contributed by atoms with E-state index in [0.29, 0.717) is 28.1 Å². The van der Waals surface area contributed by atoms with Crippen LogP contribution in [0.5, 0.6) is 17.2 Å². The average molecular weight is 564 g/mol. The van der Waals surface area contributed by atoms with Gasteiger partial charge >= 0.3 is 5.97 Å². The molecule has 0 radical (unpaired) electrons. The maximum atomic E-state index is 11.3. The Balaban J connectivity index is 1.32. The third-order valence-corrected chi connectivity index (χ3v) is 7.16. The van der Waals surface area contributed by atoms with Gasteiger partial charge in [-0.3, -0.25) is 4.98 Å². The number of rotatable bonds is 8. The van der Waals surface area contributed by atoms with Crippen molar-refractivity contribution in [2.45, 2.75) is 12.1 Å². The lowest BCUT2D eigenvalue weighted by molar-refractivity contribution is 0.0697. The predicted octanol–water partition coefficient (Wildman–Crippen LogP) is 7.02. The van der Waals surface area contributed by atoms with E-state index in [1.165, 1.54) is 0 Å². The Bertz CT molecular complexity index is 1670. The number of nitrogens with one attached hydrogen (secondary N) is 1. The van der Waals surface area contributed by atoms with Crippen LogP contribution in [0.2, 0.25) is 0 Å². The molecule has 1 fully saturated rings. The number of carbonyl (C=O) groups is 1. The standard InChI is InChI=1S/C32H25N3O5S/c1-38-23-13-15-25(16-14-23)39-24-11-9-22(10-12-24)35-30(29(34-32(35)41)26-4-2-3-19-33-26)28-18-17-27(40-28)20-5-7-21(8-6-20)31(36)37/h2-19,29-30H,1H3,(H,34,41)(H,36,37)/t29-,30-/m1/s1. The maximum absolute atomic E-state index is 11.3. The molecule has 0 aliphatic carbocycles. The Morgan fingerprint density at radius 3 is 2.22 bits per heavy atom. The van der Waals surface area contributed by atoms with Crippen LogP contribution in [0, 0.1) is 0 Å². The molecular formula is C32H25N3O5S. The summed E-state index contributed by atoms with van der Waals surface area (Å²) in [6, 6.07) is 30.6. The number of benzene rings is 3. The number of ether oxygens (including phenoxy) is 2. The van der Waals surface area contributed by atoms with Crippen LogP contribution < -0.4 is 19.7 Å². The van der Waals surface area contributed by atoms with E-state index in [0.717, 1.165) is 22.7 Å². The molecule has 1 saturated heterocycles. The number of aromatic carboxylic acids is 1. The van der Waals surface area contributed by atoms with Gasteiger partial charge < -0.3 is 29.2 Å². The number of carboxylic acid groups (broad SMARTS) is 1. The van der Waals surface area contributed by atoms with Gasteiger partial charge in [-0.25, -0.2) is 4.79 Å². The van der Waals surface area contributed by atoms with Crippen LogP contribution in [-0.2, 0) is 0 Å². The number of nitrogens with zero attached hydrogens (tertiary/aromatic N) is 2. The molecule has 1 aliphatic rings. The van der Waals surface area contributed by atoms with E-state index in [1.807, 2.05) is 83.8 Å². The van der Waals surface area contributed by atoms with Gasteiger partial charge in [0.25, 0.3) is 0 Å². The fraction of sp³-hybridized carbons (Fsp3) is 0.0938. The molecule has 9 heteroatoms. The molecule has 0 amide bonds. The van der Waals surface area contributed by atoms with Crippen LogP contribution in [0.3, 0.4) is 0 Å². The van der Waals surface area contributed by atoms with E-state index < -0.39 is 5.97 Å². The highest BCUT2D eigenvalue weighted by atomic mass is 32.1. The van der Waals surface area contributed by atoms with E-state index in [1.54, 1.807) is 37.6 Å². The second kappa shape index (κ2) is 11.1. The molecule has 2 N–H and O–H groups in total. The van der Waals surface area contributed by atoms with Crippen LogP contribution in [0.4, 0.5) is 5.69 Å². The van der Waals surface area contributed by atoms with Crippen molar-refractivity contribution in [1.82, 2.24) is 10.3 Å². The number of hydrogen-bond acceptors (Lipinski definition) is 6. The minimum Gasteiger partial charge on any atom is -0.497 e. The molecule has 5 aromatic rings. The number of thiocarbonyl (C=S) groups is 1. The Kier molecular flexibility index (Phi) is 7.09. The number of hydrogen-bond donors (Lipinski definition) is 2. The number of aromatic nitrogens is 1. The summed E-state index contributed by atoms with van der Waals surface area (Å²) < 4.78 is 17.6. The largest absolute Gasteiger partial charge is 0.497 e. The number of methoxy groups -OCH3 is 1. The third kappa shape index (κ3) is 5.35. The summed E-state index contributed by atoms with van der Waals surface area (Å²) >= 11 is 5.82. The first-order valence-corrected chi connectivity index (χ1v) is 13.3. The Morgan fingerprint density at radius 1 is 0.902 bits per heavy atom. The molecule has 0 unspecified atom stereocenters. The highest BCUT2D eigenvalue weighted by Gasteiger charge is 2.42. The van der Waals surface area contributed by atoms with Crippen LogP contribution in [-0.4, -0.2) is 28.3 Å². The average Bonchev–Trinajstić information content (AvgIpc) is 3.63. The molecule has 2 atom stereocenters. The van der Waals surface area contributed by atoms with Gasteiger partial charge in [0, 0.05) is 17.4 Å². The minimum atomic E-state index is -0.975. The summed E-state index contributed by atoms with van der Waals surface area (Å²) in [5.74, 6) is 2.47. The van der Waals surface area contributed by atoms with Crippen LogP contribution in [0.15, 0.2) is 114 Å². The van der Waals surface area contributed by atoms with Gasteiger partial charge in [0.15, 0.2) is 5.11 Å². The molecule has 3 aromatic carbocycles. The van der Waals surface area contributed by atoms with Crippen molar-refractivity contribution in [2.24, 2.45) is 0 Å². The van der Waals surface area contributed by atoms with Gasteiger partial charge in [0.05, 0.1) is 24.4 Å². The van der Waals surface area contributed by atoms with Crippen molar-refractivity contribution in [3.8, 4) is 28.6 Å². The molecule has 8 nitrogen and oxygen atoms in total. The van der Waals surface area contributed by atoms with E-state index in [9.17, 15) is 9.90 Å². The monoisotopic (exact) mass is 563 g/mol. The van der Waals surface area contributed by atoms with Gasteiger partial charge in [-0.2, -0.15) is 0 Å². The zero-order valence-electron chi connectivity index (χ0n) is 21.9. The Morgan fingerprint density at radius 2 is 1.59 bits per heavy atom. The van der Waals surface area contributed by atoms with E-state index in [4.69, 9.17) is 26.1 Å². The van der Waals surface area contributed by atoms with Crippen molar-refractivity contribution in [1.29, 1.82) is 0 Å². The lowest BCUT2D eigenvalue weighted by Gasteiger charge is -2.26. The SMILES string of the molecule is COc1ccc(Oc2ccc(N3C(=S)N[C@H](c4ccccn4)[C@H]3c3ccc(-c4ccc(C(=O)O)cc4)o3)cc2)cc1. The quantitative estimate of drug-likeness (QED) is 0.193. The highest BCUT2D eigenvalue weighted by molar-refractivity contribution is 7.80. The summed E-state index contributed by atoms with van der Waals surface area (Å²) in [7, 11) is 1.62. The Hall–Kier alpha value is -5.15. The van der Waals surface area contributed by atoms with Gasteiger partial charge in [-0.05, 0) is 97.1 Å². The first-order chi connectivity index (χ1) is 20.0. The summed E-state index contributed by atoms with van der Waals surface area (Å²) in [5.41, 5.74) is 2.67. The molecule has 204 valence electrons. The lowest BCUT2D eigenvalue weighted by Crippen LogP contribution is -2.29. The molecule has 41 heavy (non-hydrogen) atoms. The second-order valence-corrected chi connectivity index (χ2v) is 9.74. The summed E-state index contributed by atoms with van der Waals surface area (Å²) in [6.07, 6.45) is 1.75. The fourth-order valence-electron chi connectivity index (χ4n) is 4.82. The van der Waals surface area contributed by atoms with Crippen LogP contribution >= 0.6 is 12.2 Å². The van der Waals surface area contributed by atoms with Gasteiger partial charge in [0.1, 0.15) is 34.8 Å². The van der Waals surface area contributed by atoms with E-state index in [-0.39, 0.29) is 17.6 Å². The van der Waals surface area contributed by atoms with Gasteiger partial charge in [-0.15, -0.1) is 0 Å². The minimum absolute atomic E-state index is 0.215. The normalized spacial score (nSPS) is 16.3. The van der Waals surface area contributed by atoms with Crippen LogP contribution in [0.1, 0.15) is 33.9 Å². The van der Waals surface area contributed by atoms with Crippen LogP contribution in [0.25, 0.3) is 11.3 Å². The van der Waals surface area contributed by atoms with Gasteiger partial charge in [0.2, 0.25) is 0 Å². The fourth-order valence-corrected chi connectivity index (χ4v) is 5.17. The summed E-state index contributed by atoms with van der Waals surface area (Å²) in [5, 5.41) is 13.2. The predicted molar refractivity (Wildman–Crippen MR) is 159 cm³/mol. The second-order valence-electron chi connectivity index (χ2n) is 9.35. The van der Waals surface area contributed by atoms with Gasteiger partial charge in [-0.1, -0.05) is 18.2 Å².